The average molecular weight is 571 g/mol. The molecule has 0 fully saturated rings. The van der Waals surface area contributed by atoms with Crippen molar-refractivity contribution in [1.82, 2.24) is 16.0 Å². The highest BCUT2D eigenvalue weighted by molar-refractivity contribution is 7.98. The Balaban J connectivity index is 3.14. The van der Waals surface area contributed by atoms with Crippen molar-refractivity contribution in [3.8, 4) is 5.75 Å². The minimum Gasteiger partial charge on any atom is -0.508 e. The lowest BCUT2D eigenvalue weighted by atomic mass is 10.0. The molecule has 216 valence electrons. The molecule has 0 spiro atoms. The zero-order valence-electron chi connectivity index (χ0n) is 21.3. The Morgan fingerprint density at radius 2 is 1.28 bits per heavy atom. The summed E-state index contributed by atoms with van der Waals surface area (Å²) in [5, 5.41) is 44.0. The number of aromatic hydroxyl groups is 1. The molecule has 0 saturated heterocycles. The van der Waals surface area contributed by atoms with Gasteiger partial charge in [-0.25, -0.2) is 4.79 Å². The summed E-state index contributed by atoms with van der Waals surface area (Å²) in [5.41, 5.74) is 6.26. The number of carboxylic acids is 3. The molecule has 15 heteroatoms. The van der Waals surface area contributed by atoms with Gasteiger partial charge in [-0.1, -0.05) is 12.1 Å². The monoisotopic (exact) mass is 570 g/mol. The van der Waals surface area contributed by atoms with Gasteiger partial charge in [-0.15, -0.1) is 0 Å². The fraction of sp³-hybridized carbons (Fsp3) is 0.500. The van der Waals surface area contributed by atoms with Gasteiger partial charge in [0.1, 0.15) is 23.9 Å². The van der Waals surface area contributed by atoms with Crippen LogP contribution < -0.4 is 21.7 Å². The van der Waals surface area contributed by atoms with Crippen LogP contribution in [0.5, 0.6) is 5.75 Å². The van der Waals surface area contributed by atoms with Crippen LogP contribution in [0.3, 0.4) is 0 Å². The van der Waals surface area contributed by atoms with Crippen molar-refractivity contribution in [3.63, 3.8) is 0 Å². The van der Waals surface area contributed by atoms with Crippen LogP contribution in [0.25, 0.3) is 0 Å². The normalized spacial score (nSPS) is 13.8. The molecule has 1 rings (SSSR count). The summed E-state index contributed by atoms with van der Waals surface area (Å²) in [7, 11) is 0. The van der Waals surface area contributed by atoms with E-state index in [2.05, 4.69) is 16.0 Å². The van der Waals surface area contributed by atoms with E-state index in [1.54, 1.807) is 6.26 Å². The first-order chi connectivity index (χ1) is 18.3. The second-order valence-corrected chi connectivity index (χ2v) is 9.63. The van der Waals surface area contributed by atoms with Gasteiger partial charge in [0.2, 0.25) is 17.7 Å². The zero-order chi connectivity index (χ0) is 29.5. The minimum absolute atomic E-state index is 0.0423. The van der Waals surface area contributed by atoms with E-state index in [-0.39, 0.29) is 37.9 Å². The van der Waals surface area contributed by atoms with Crippen molar-refractivity contribution in [3.05, 3.63) is 29.8 Å². The van der Waals surface area contributed by atoms with Gasteiger partial charge in [-0.2, -0.15) is 11.8 Å². The Hall–Kier alpha value is -3.85. The topological polar surface area (TPSA) is 245 Å². The van der Waals surface area contributed by atoms with Crippen LogP contribution in [-0.2, 0) is 35.2 Å². The van der Waals surface area contributed by atoms with Crippen LogP contribution in [0.1, 0.15) is 37.7 Å². The van der Waals surface area contributed by atoms with Gasteiger partial charge in [0, 0.05) is 19.3 Å². The van der Waals surface area contributed by atoms with E-state index in [0.717, 1.165) is 0 Å². The number of amides is 3. The van der Waals surface area contributed by atoms with Crippen LogP contribution in [0.15, 0.2) is 24.3 Å². The Morgan fingerprint density at radius 1 is 0.769 bits per heavy atom. The third kappa shape index (κ3) is 13.0. The highest BCUT2D eigenvalue weighted by Gasteiger charge is 2.31. The fourth-order valence-corrected chi connectivity index (χ4v) is 3.81. The summed E-state index contributed by atoms with van der Waals surface area (Å²) in [6.07, 6.45) is 0.257. The first-order valence-electron chi connectivity index (χ1n) is 11.9. The summed E-state index contributed by atoms with van der Waals surface area (Å²) in [6, 6.07) is 0.398. The Kier molecular flexibility index (Phi) is 14.4. The summed E-state index contributed by atoms with van der Waals surface area (Å²) in [6.45, 7) is 0. The molecular formula is C24H34N4O10S. The average Bonchev–Trinajstić information content (AvgIpc) is 2.87. The van der Waals surface area contributed by atoms with Crippen molar-refractivity contribution in [2.24, 2.45) is 5.73 Å². The summed E-state index contributed by atoms with van der Waals surface area (Å²) < 4.78 is 0. The maximum atomic E-state index is 13.2. The van der Waals surface area contributed by atoms with Gasteiger partial charge in [0.25, 0.3) is 0 Å². The van der Waals surface area contributed by atoms with Gasteiger partial charge in [0.15, 0.2) is 0 Å². The molecule has 9 N–H and O–H groups in total. The Morgan fingerprint density at radius 3 is 1.82 bits per heavy atom. The smallest absolute Gasteiger partial charge is 0.326 e. The highest BCUT2D eigenvalue weighted by atomic mass is 32.2. The number of carbonyl (C=O) groups is 6. The summed E-state index contributed by atoms with van der Waals surface area (Å²) in [5.74, 6) is -5.96. The lowest BCUT2D eigenvalue weighted by molar-refractivity contribution is -0.143. The van der Waals surface area contributed by atoms with Gasteiger partial charge in [0.05, 0.1) is 6.04 Å². The molecule has 14 nitrogen and oxygen atoms in total. The molecule has 0 aromatic heterocycles. The van der Waals surface area contributed by atoms with Crippen molar-refractivity contribution in [1.29, 1.82) is 0 Å². The van der Waals surface area contributed by atoms with E-state index in [1.165, 1.54) is 36.0 Å². The minimum atomic E-state index is -1.44. The molecule has 1 aromatic carbocycles. The van der Waals surface area contributed by atoms with Crippen LogP contribution in [-0.4, -0.2) is 92.2 Å². The number of nitrogens with two attached hydrogens (primary N) is 1. The van der Waals surface area contributed by atoms with Gasteiger partial charge >= 0.3 is 17.9 Å². The van der Waals surface area contributed by atoms with E-state index in [0.29, 0.717) is 11.3 Å². The molecule has 3 amide bonds. The number of phenols is 1. The number of rotatable bonds is 18. The third-order valence-corrected chi connectivity index (χ3v) is 6.16. The molecule has 4 unspecified atom stereocenters. The molecule has 0 bridgehead atoms. The van der Waals surface area contributed by atoms with Crippen LogP contribution >= 0.6 is 11.8 Å². The maximum Gasteiger partial charge on any atom is 0.326 e. The summed E-state index contributed by atoms with van der Waals surface area (Å²) in [4.78, 5) is 72.2. The van der Waals surface area contributed by atoms with E-state index >= 15 is 0 Å². The lowest BCUT2D eigenvalue weighted by Gasteiger charge is -2.25. The van der Waals surface area contributed by atoms with Crippen LogP contribution in [0.4, 0.5) is 0 Å². The predicted octanol–water partition coefficient (Wildman–Crippen LogP) is -0.716. The lowest BCUT2D eigenvalue weighted by Crippen LogP contribution is -2.57. The zero-order valence-corrected chi connectivity index (χ0v) is 22.1. The second kappa shape index (κ2) is 16.9. The van der Waals surface area contributed by atoms with Gasteiger partial charge in [-0.3, -0.25) is 24.0 Å². The first kappa shape index (κ1) is 33.2. The largest absolute Gasteiger partial charge is 0.508 e. The van der Waals surface area contributed by atoms with E-state index in [9.17, 15) is 39.0 Å². The number of phenolic OH excluding ortho intramolecular Hbond substituents is 1. The molecule has 0 saturated carbocycles. The molecule has 0 radical (unpaired) electrons. The summed E-state index contributed by atoms with van der Waals surface area (Å²) >= 11 is 1.37. The number of hydrogen-bond donors (Lipinski definition) is 8. The predicted molar refractivity (Wildman–Crippen MR) is 140 cm³/mol. The number of benzene rings is 1. The molecule has 0 aliphatic carbocycles. The standard InChI is InChI=1S/C24H34N4O10S/c1-39-11-10-17(24(37)38)27-22(35)16(7-9-20(32)33)26-23(36)18(12-13-2-4-14(29)5-3-13)28-21(34)15(25)6-8-19(30)31/h2-5,15-18,29H,6-12,25H2,1H3,(H,26,36)(H,27,35)(H,28,34)(H,30,31)(H,32,33)(H,37,38). The SMILES string of the molecule is CSCCC(NC(=O)C(CCC(=O)O)NC(=O)C(Cc1ccc(O)cc1)NC(=O)C(N)CCC(=O)O)C(=O)O. The number of aliphatic carboxylic acids is 3. The molecular weight excluding hydrogens is 536 g/mol. The molecule has 0 aliphatic rings. The van der Waals surface area contributed by atoms with Gasteiger partial charge < -0.3 is 42.1 Å². The third-order valence-electron chi connectivity index (χ3n) is 5.52. The van der Waals surface area contributed by atoms with Crippen LogP contribution in [0.2, 0.25) is 0 Å². The Bertz CT molecular complexity index is 1020. The van der Waals surface area contributed by atoms with E-state index in [4.69, 9.17) is 15.9 Å². The number of thioether (sulfide) groups is 1. The number of carbonyl (C=O) groups excluding carboxylic acids is 3. The van der Waals surface area contributed by atoms with Crippen molar-refractivity contribution >= 4 is 47.4 Å². The number of nitrogens with one attached hydrogen (secondary N) is 3. The molecule has 0 heterocycles. The quantitative estimate of drug-likeness (QED) is 0.109. The van der Waals surface area contributed by atoms with Crippen molar-refractivity contribution in [2.75, 3.05) is 12.0 Å². The van der Waals surface area contributed by atoms with Crippen molar-refractivity contribution in [2.45, 2.75) is 62.7 Å². The number of carboxylic acid groups (broad SMARTS) is 3. The first-order valence-corrected chi connectivity index (χ1v) is 13.3. The molecule has 0 aliphatic heterocycles. The molecule has 4 atom stereocenters. The second-order valence-electron chi connectivity index (χ2n) is 8.65. The van der Waals surface area contributed by atoms with Crippen molar-refractivity contribution < 1.29 is 49.2 Å². The maximum absolute atomic E-state index is 13.2. The number of hydrogen-bond acceptors (Lipinski definition) is 9. The van der Waals surface area contributed by atoms with E-state index in [1.807, 2.05) is 0 Å². The van der Waals surface area contributed by atoms with E-state index < -0.39 is 66.2 Å². The highest BCUT2D eigenvalue weighted by Crippen LogP contribution is 2.12. The van der Waals surface area contributed by atoms with Crippen LogP contribution in [0, 0.1) is 0 Å². The molecule has 1 aromatic rings. The fourth-order valence-electron chi connectivity index (χ4n) is 3.34. The Labute approximate surface area is 228 Å². The van der Waals surface area contributed by atoms with Gasteiger partial charge in [-0.05, 0) is 49.0 Å². The molecule has 39 heavy (non-hydrogen) atoms.